The summed E-state index contributed by atoms with van der Waals surface area (Å²) < 4.78 is 19.0. The lowest BCUT2D eigenvalue weighted by Crippen LogP contribution is -2.57. The van der Waals surface area contributed by atoms with Gasteiger partial charge in [0.15, 0.2) is 0 Å². The summed E-state index contributed by atoms with van der Waals surface area (Å²) in [7, 11) is -2.79. The van der Waals surface area contributed by atoms with Crippen LogP contribution in [-0.2, 0) is 13.3 Å². The highest BCUT2D eigenvalue weighted by atomic mass is 28.4. The van der Waals surface area contributed by atoms with Crippen LogP contribution >= 0.6 is 0 Å². The van der Waals surface area contributed by atoms with Gasteiger partial charge in [0.05, 0.1) is 16.8 Å². The maximum atomic E-state index is 6.33. The highest BCUT2D eigenvalue weighted by Gasteiger charge is 2.49. The summed E-state index contributed by atoms with van der Waals surface area (Å²) in [5.74, 6) is 0. The van der Waals surface area contributed by atoms with Gasteiger partial charge in [0.2, 0.25) is 0 Å². The molecule has 0 N–H and O–H groups in total. The lowest BCUT2D eigenvalue weighted by atomic mass is 10.2. The zero-order valence-corrected chi connectivity index (χ0v) is 15.9. The van der Waals surface area contributed by atoms with Crippen molar-refractivity contribution in [1.29, 1.82) is 0 Å². The fourth-order valence-corrected chi connectivity index (χ4v) is 5.68. The SMILES string of the molecule is C=CCC[Si](OC(C)(C)C)(OC(C)(C)C)OC(C)(C)C. The third kappa shape index (κ3) is 9.70. The van der Waals surface area contributed by atoms with E-state index in [4.69, 9.17) is 13.3 Å². The summed E-state index contributed by atoms with van der Waals surface area (Å²) in [5, 5.41) is 0. The lowest BCUT2D eigenvalue weighted by molar-refractivity contribution is -0.0750. The van der Waals surface area contributed by atoms with Crippen molar-refractivity contribution < 1.29 is 13.3 Å². The van der Waals surface area contributed by atoms with Crippen molar-refractivity contribution in [3.8, 4) is 0 Å². The van der Waals surface area contributed by atoms with E-state index in [1.54, 1.807) is 0 Å². The van der Waals surface area contributed by atoms with Gasteiger partial charge < -0.3 is 13.3 Å². The highest BCUT2D eigenvalue weighted by Crippen LogP contribution is 2.32. The van der Waals surface area contributed by atoms with Crippen molar-refractivity contribution in [3.63, 3.8) is 0 Å². The molecule has 0 aliphatic rings. The van der Waals surface area contributed by atoms with E-state index in [0.717, 1.165) is 12.5 Å². The van der Waals surface area contributed by atoms with Gasteiger partial charge in [-0.2, -0.15) is 0 Å². The molecule has 120 valence electrons. The molecule has 0 rings (SSSR count). The van der Waals surface area contributed by atoms with Crippen LogP contribution in [0.25, 0.3) is 0 Å². The van der Waals surface area contributed by atoms with Gasteiger partial charge in [-0.1, -0.05) is 6.08 Å². The zero-order chi connectivity index (χ0) is 16.2. The van der Waals surface area contributed by atoms with Crippen LogP contribution in [0.2, 0.25) is 6.04 Å². The molecule has 0 saturated heterocycles. The summed E-state index contributed by atoms with van der Waals surface area (Å²) >= 11 is 0. The van der Waals surface area contributed by atoms with Crippen LogP contribution < -0.4 is 0 Å². The van der Waals surface area contributed by atoms with Crippen LogP contribution in [0.15, 0.2) is 12.7 Å². The van der Waals surface area contributed by atoms with E-state index in [1.165, 1.54) is 0 Å². The maximum Gasteiger partial charge on any atom is 0.502 e. The van der Waals surface area contributed by atoms with Gasteiger partial charge in [0.1, 0.15) is 0 Å². The number of rotatable bonds is 6. The van der Waals surface area contributed by atoms with Crippen LogP contribution in [0.4, 0.5) is 0 Å². The van der Waals surface area contributed by atoms with E-state index in [-0.39, 0.29) is 16.8 Å². The molecule has 3 nitrogen and oxygen atoms in total. The second kappa shape index (κ2) is 6.73. The van der Waals surface area contributed by atoms with Crippen molar-refractivity contribution in [2.45, 2.75) is 91.6 Å². The Labute approximate surface area is 127 Å². The normalized spacial score (nSPS) is 14.4. The van der Waals surface area contributed by atoms with Gasteiger partial charge in [0.25, 0.3) is 0 Å². The van der Waals surface area contributed by atoms with Gasteiger partial charge in [-0.05, 0) is 68.7 Å². The van der Waals surface area contributed by atoms with Crippen molar-refractivity contribution >= 4 is 8.80 Å². The van der Waals surface area contributed by atoms with Crippen molar-refractivity contribution in [1.82, 2.24) is 0 Å². The average molecular weight is 303 g/mol. The summed E-state index contributed by atoms with van der Waals surface area (Å²) in [6.07, 6.45) is 2.72. The number of hydrogen-bond donors (Lipinski definition) is 0. The first-order chi connectivity index (χ1) is 8.68. The number of allylic oxidation sites excluding steroid dienone is 1. The van der Waals surface area contributed by atoms with Crippen LogP contribution in [0.1, 0.15) is 68.7 Å². The van der Waals surface area contributed by atoms with Crippen LogP contribution in [-0.4, -0.2) is 25.6 Å². The van der Waals surface area contributed by atoms with Crippen molar-refractivity contribution in [2.75, 3.05) is 0 Å². The first-order valence-electron chi connectivity index (χ1n) is 7.39. The molecule has 0 heterocycles. The van der Waals surface area contributed by atoms with Gasteiger partial charge in [-0.15, -0.1) is 6.58 Å². The molecule has 0 saturated carbocycles. The van der Waals surface area contributed by atoms with Gasteiger partial charge in [-0.3, -0.25) is 0 Å². The second-order valence-electron chi connectivity index (χ2n) is 8.15. The Kier molecular flexibility index (Phi) is 6.68. The van der Waals surface area contributed by atoms with Crippen LogP contribution in [0.5, 0.6) is 0 Å². The number of hydrogen-bond acceptors (Lipinski definition) is 3. The Balaban J connectivity index is 5.43. The van der Waals surface area contributed by atoms with Gasteiger partial charge in [0, 0.05) is 6.04 Å². The van der Waals surface area contributed by atoms with E-state index >= 15 is 0 Å². The average Bonchev–Trinajstić information content (AvgIpc) is 2.05. The largest absolute Gasteiger partial charge is 0.502 e. The molecule has 0 unspecified atom stereocenters. The summed E-state index contributed by atoms with van der Waals surface area (Å²) in [6, 6.07) is 0.752. The zero-order valence-electron chi connectivity index (χ0n) is 14.9. The smallest absolute Gasteiger partial charge is 0.368 e. The minimum absolute atomic E-state index is 0.302. The topological polar surface area (TPSA) is 27.7 Å². The fraction of sp³-hybridized carbons (Fsp3) is 0.875. The first kappa shape index (κ1) is 19.8. The third-order valence-corrected chi connectivity index (χ3v) is 5.71. The quantitative estimate of drug-likeness (QED) is 0.513. The maximum absolute atomic E-state index is 6.33. The predicted molar refractivity (Wildman–Crippen MR) is 87.9 cm³/mol. The molecule has 0 fully saturated rings. The Hall–Kier alpha value is -0.163. The molecule has 0 aliphatic carbocycles. The monoisotopic (exact) mass is 302 g/mol. The van der Waals surface area contributed by atoms with Crippen LogP contribution in [0, 0.1) is 0 Å². The van der Waals surface area contributed by atoms with E-state index < -0.39 is 8.80 Å². The van der Waals surface area contributed by atoms with E-state index in [1.807, 2.05) is 68.4 Å². The molecule has 0 aliphatic heterocycles. The minimum Gasteiger partial charge on any atom is -0.368 e. The Morgan fingerprint density at radius 3 is 1.25 bits per heavy atom. The lowest BCUT2D eigenvalue weighted by Gasteiger charge is -2.43. The Morgan fingerprint density at radius 1 is 0.750 bits per heavy atom. The molecule has 4 heteroatoms. The molecule has 20 heavy (non-hydrogen) atoms. The molecule has 0 radical (unpaired) electrons. The van der Waals surface area contributed by atoms with Crippen LogP contribution in [0.3, 0.4) is 0 Å². The molecule has 0 atom stereocenters. The molecule has 0 amide bonds. The predicted octanol–water partition coefficient (Wildman–Crippen LogP) is 4.95. The molecule has 0 aromatic rings. The molecule has 0 bridgehead atoms. The Morgan fingerprint density at radius 2 is 1.05 bits per heavy atom. The van der Waals surface area contributed by atoms with Crippen molar-refractivity contribution in [2.24, 2.45) is 0 Å². The molecule has 0 aromatic heterocycles. The minimum atomic E-state index is -2.79. The standard InChI is InChI=1S/C16H34O3Si/c1-11-12-13-20(17-14(2,3)4,18-15(5,6)7)19-16(8,9)10/h11H,1,12-13H2,2-10H3. The fourth-order valence-electron chi connectivity index (χ4n) is 1.89. The van der Waals surface area contributed by atoms with E-state index in [2.05, 4.69) is 6.58 Å². The summed E-state index contributed by atoms with van der Waals surface area (Å²) in [4.78, 5) is 0. The van der Waals surface area contributed by atoms with E-state index in [9.17, 15) is 0 Å². The molecule has 0 aromatic carbocycles. The first-order valence-corrected chi connectivity index (χ1v) is 9.33. The molecular formula is C16H34O3Si. The van der Waals surface area contributed by atoms with E-state index in [0.29, 0.717) is 0 Å². The second-order valence-corrected chi connectivity index (χ2v) is 10.6. The van der Waals surface area contributed by atoms with Gasteiger partial charge >= 0.3 is 8.80 Å². The Bertz CT molecular complexity index is 264. The summed E-state index contributed by atoms with van der Waals surface area (Å²) in [5.41, 5.74) is -0.905. The summed E-state index contributed by atoms with van der Waals surface area (Å²) in [6.45, 7) is 22.2. The third-order valence-electron chi connectivity index (χ3n) is 2.04. The molecular weight excluding hydrogens is 268 g/mol. The van der Waals surface area contributed by atoms with Crippen molar-refractivity contribution in [3.05, 3.63) is 12.7 Å². The molecule has 0 spiro atoms. The van der Waals surface area contributed by atoms with Gasteiger partial charge in [-0.25, -0.2) is 0 Å². The highest BCUT2D eigenvalue weighted by molar-refractivity contribution is 6.61.